The van der Waals surface area contributed by atoms with E-state index in [-0.39, 0.29) is 12.0 Å². The molecule has 0 aliphatic carbocycles. The van der Waals surface area contributed by atoms with Crippen LogP contribution in [0.1, 0.15) is 25.0 Å². The minimum absolute atomic E-state index is 0.0999. The summed E-state index contributed by atoms with van der Waals surface area (Å²) in [5.74, 6) is -0.0999. The Kier molecular flexibility index (Phi) is 6.70. The first kappa shape index (κ1) is 15.2. The quantitative estimate of drug-likeness (QED) is 0.587. The van der Waals surface area contributed by atoms with Crippen molar-refractivity contribution in [2.75, 3.05) is 26.4 Å². The monoisotopic (exact) mass is 296 g/mol. The molecule has 1 unspecified atom stereocenters. The summed E-state index contributed by atoms with van der Waals surface area (Å²) in [7, 11) is 0. The summed E-state index contributed by atoms with van der Waals surface area (Å²) in [4.78, 5) is 15.6. The van der Waals surface area contributed by atoms with Crippen LogP contribution >= 0.6 is 11.3 Å². The zero-order chi connectivity index (χ0) is 14.0. The first-order chi connectivity index (χ1) is 9.84. The van der Waals surface area contributed by atoms with Gasteiger partial charge in [-0.3, -0.25) is 4.79 Å². The molecule has 6 heteroatoms. The number of nitrogens with zero attached hydrogens (tertiary/aromatic N) is 1. The molecule has 0 spiro atoms. The maximum absolute atomic E-state index is 11.5. The van der Waals surface area contributed by atoms with Crippen molar-refractivity contribution in [3.63, 3.8) is 0 Å². The van der Waals surface area contributed by atoms with E-state index in [4.69, 9.17) is 9.47 Å². The van der Waals surface area contributed by atoms with Crippen LogP contribution in [0.4, 0.5) is 0 Å². The summed E-state index contributed by atoms with van der Waals surface area (Å²) in [6.07, 6.45) is 6.52. The molecule has 0 radical (unpaired) electrons. The largest absolute Gasteiger partial charge is 0.379 e. The van der Waals surface area contributed by atoms with Crippen molar-refractivity contribution in [1.29, 1.82) is 0 Å². The van der Waals surface area contributed by atoms with Crippen LogP contribution in [0, 0.1) is 0 Å². The molecule has 1 saturated heterocycles. The Bertz CT molecular complexity index is 414. The zero-order valence-electron chi connectivity index (χ0n) is 11.4. The summed E-state index contributed by atoms with van der Waals surface area (Å²) in [6.45, 7) is 2.79. The van der Waals surface area contributed by atoms with Gasteiger partial charge in [-0.05, 0) is 25.3 Å². The predicted octanol–water partition coefficient (Wildman–Crippen LogP) is 1.86. The van der Waals surface area contributed by atoms with Crippen LogP contribution in [-0.2, 0) is 14.3 Å². The molecule has 5 nitrogen and oxygen atoms in total. The van der Waals surface area contributed by atoms with Crippen molar-refractivity contribution in [3.05, 3.63) is 22.7 Å². The second-order valence-electron chi connectivity index (χ2n) is 4.60. The molecule has 1 aliphatic heterocycles. The average molecular weight is 296 g/mol. The second kappa shape index (κ2) is 8.84. The summed E-state index contributed by atoms with van der Waals surface area (Å²) in [5.41, 5.74) is 2.55. The predicted molar refractivity (Wildman–Crippen MR) is 78.6 cm³/mol. The molecule has 1 aromatic rings. The van der Waals surface area contributed by atoms with Gasteiger partial charge < -0.3 is 14.8 Å². The molecule has 0 bridgehead atoms. The maximum atomic E-state index is 11.5. The third kappa shape index (κ3) is 5.81. The second-order valence-corrected chi connectivity index (χ2v) is 5.32. The fourth-order valence-corrected chi connectivity index (χ4v) is 2.42. The van der Waals surface area contributed by atoms with Crippen molar-refractivity contribution in [3.8, 4) is 0 Å². The first-order valence-electron chi connectivity index (χ1n) is 6.88. The van der Waals surface area contributed by atoms with Crippen molar-refractivity contribution in [2.45, 2.75) is 25.4 Å². The highest BCUT2D eigenvalue weighted by Crippen LogP contribution is 2.11. The van der Waals surface area contributed by atoms with E-state index in [1.165, 1.54) is 17.4 Å². The molecule has 1 aromatic heterocycles. The topological polar surface area (TPSA) is 60.5 Å². The number of hydrogen-bond acceptors (Lipinski definition) is 5. The van der Waals surface area contributed by atoms with E-state index in [2.05, 4.69) is 10.3 Å². The van der Waals surface area contributed by atoms with Crippen LogP contribution < -0.4 is 5.32 Å². The number of aromatic nitrogens is 1. The number of nitrogens with one attached hydrogen (secondary N) is 1. The maximum Gasteiger partial charge on any atom is 0.244 e. The van der Waals surface area contributed by atoms with Gasteiger partial charge in [-0.2, -0.15) is 0 Å². The van der Waals surface area contributed by atoms with Gasteiger partial charge in [0.15, 0.2) is 0 Å². The first-order valence-corrected chi connectivity index (χ1v) is 7.82. The van der Waals surface area contributed by atoms with E-state index in [9.17, 15) is 4.79 Å². The highest BCUT2D eigenvalue weighted by Gasteiger charge is 2.14. The van der Waals surface area contributed by atoms with Gasteiger partial charge in [0, 0.05) is 31.2 Å². The van der Waals surface area contributed by atoms with Crippen LogP contribution in [0.3, 0.4) is 0 Å². The number of thiazole rings is 1. The van der Waals surface area contributed by atoms with Crippen molar-refractivity contribution in [1.82, 2.24) is 10.3 Å². The smallest absolute Gasteiger partial charge is 0.244 e. The number of carbonyl (C=O) groups excluding carboxylic acids is 1. The van der Waals surface area contributed by atoms with E-state index in [0.717, 1.165) is 31.6 Å². The standard InChI is InChI=1S/C14H20N2O3S/c17-14(5-4-12-10-20-11-16-12)15-6-2-7-18-9-13-3-1-8-19-13/h4-5,10-11,13H,1-3,6-9H2,(H,15,17)/b5-4+. The third-order valence-corrected chi connectivity index (χ3v) is 3.55. The highest BCUT2D eigenvalue weighted by atomic mass is 32.1. The zero-order valence-corrected chi connectivity index (χ0v) is 12.2. The summed E-state index contributed by atoms with van der Waals surface area (Å²) in [5, 5.41) is 4.70. The van der Waals surface area contributed by atoms with Crippen molar-refractivity contribution >= 4 is 23.3 Å². The number of amides is 1. The lowest BCUT2D eigenvalue weighted by Crippen LogP contribution is -2.23. The molecule has 1 N–H and O–H groups in total. The minimum atomic E-state index is -0.0999. The van der Waals surface area contributed by atoms with Gasteiger partial charge in [0.1, 0.15) is 0 Å². The van der Waals surface area contributed by atoms with E-state index >= 15 is 0 Å². The van der Waals surface area contributed by atoms with E-state index in [1.807, 2.05) is 5.38 Å². The fourth-order valence-electron chi connectivity index (χ4n) is 1.90. The molecule has 0 saturated carbocycles. The lowest BCUT2D eigenvalue weighted by molar-refractivity contribution is -0.116. The van der Waals surface area contributed by atoms with E-state index in [0.29, 0.717) is 19.8 Å². The highest BCUT2D eigenvalue weighted by molar-refractivity contribution is 7.07. The normalized spacial score (nSPS) is 18.7. The van der Waals surface area contributed by atoms with Gasteiger partial charge in [0.25, 0.3) is 0 Å². The molecule has 0 aromatic carbocycles. The number of hydrogen-bond donors (Lipinski definition) is 1. The van der Waals surface area contributed by atoms with Gasteiger partial charge in [0.2, 0.25) is 5.91 Å². The molecule has 2 rings (SSSR count). The van der Waals surface area contributed by atoms with Crippen LogP contribution in [-0.4, -0.2) is 43.4 Å². The van der Waals surface area contributed by atoms with Crippen LogP contribution in [0.15, 0.2) is 17.0 Å². The Morgan fingerprint density at radius 2 is 2.60 bits per heavy atom. The Hall–Kier alpha value is -1.24. The van der Waals surface area contributed by atoms with Crippen LogP contribution in [0.5, 0.6) is 0 Å². The van der Waals surface area contributed by atoms with Crippen LogP contribution in [0.25, 0.3) is 6.08 Å². The Balaban J connectivity index is 1.47. The molecule has 110 valence electrons. The molecule has 1 amide bonds. The number of carbonyl (C=O) groups is 1. The SMILES string of the molecule is O=C(/C=C/c1cscn1)NCCCOCC1CCCO1. The number of rotatable bonds is 8. The molecule has 1 aliphatic rings. The molecule has 1 fully saturated rings. The lowest BCUT2D eigenvalue weighted by Gasteiger charge is -2.09. The van der Waals surface area contributed by atoms with Gasteiger partial charge in [-0.1, -0.05) is 0 Å². The minimum Gasteiger partial charge on any atom is -0.379 e. The summed E-state index contributed by atoms with van der Waals surface area (Å²) < 4.78 is 11.0. The van der Waals surface area contributed by atoms with Gasteiger partial charge >= 0.3 is 0 Å². The number of ether oxygens (including phenoxy) is 2. The third-order valence-electron chi connectivity index (χ3n) is 2.95. The average Bonchev–Trinajstić information content (AvgIpc) is 3.13. The van der Waals surface area contributed by atoms with Crippen molar-refractivity contribution < 1.29 is 14.3 Å². The molecular formula is C14H20N2O3S. The van der Waals surface area contributed by atoms with Crippen molar-refractivity contribution in [2.24, 2.45) is 0 Å². The summed E-state index contributed by atoms with van der Waals surface area (Å²) >= 11 is 1.51. The molecule has 1 atom stereocenters. The lowest BCUT2D eigenvalue weighted by atomic mass is 10.2. The van der Waals surface area contributed by atoms with Crippen LogP contribution in [0.2, 0.25) is 0 Å². The van der Waals surface area contributed by atoms with Gasteiger partial charge in [-0.25, -0.2) is 4.98 Å². The Morgan fingerprint density at radius 1 is 1.65 bits per heavy atom. The van der Waals surface area contributed by atoms with E-state index < -0.39 is 0 Å². The molecule has 2 heterocycles. The van der Waals surface area contributed by atoms with Gasteiger partial charge in [-0.15, -0.1) is 11.3 Å². The molecule has 20 heavy (non-hydrogen) atoms. The Morgan fingerprint density at radius 3 is 3.35 bits per heavy atom. The van der Waals surface area contributed by atoms with E-state index in [1.54, 1.807) is 11.6 Å². The Labute approximate surface area is 123 Å². The van der Waals surface area contributed by atoms with Gasteiger partial charge in [0.05, 0.1) is 23.9 Å². The fraction of sp³-hybridized carbons (Fsp3) is 0.571. The summed E-state index contributed by atoms with van der Waals surface area (Å²) in [6, 6.07) is 0. The molecular weight excluding hydrogens is 276 g/mol.